The lowest BCUT2D eigenvalue weighted by atomic mass is 10.0. The fourth-order valence-electron chi connectivity index (χ4n) is 1.44. The second-order valence-electron chi connectivity index (χ2n) is 4.78. The average molecular weight is 231 g/mol. The molecule has 0 saturated carbocycles. The zero-order valence-electron chi connectivity index (χ0n) is 10.4. The lowest BCUT2D eigenvalue weighted by Gasteiger charge is -2.23. The fraction of sp³-hybridized carbons (Fsp3) is 0.385. The first-order valence-corrected chi connectivity index (χ1v) is 5.39. The predicted octanol–water partition coefficient (Wildman–Crippen LogP) is 1.65. The monoisotopic (exact) mass is 231 g/mol. The molecule has 1 aromatic rings. The van der Waals surface area contributed by atoms with Crippen molar-refractivity contribution in [1.82, 2.24) is 0 Å². The van der Waals surface area contributed by atoms with Crippen molar-refractivity contribution < 1.29 is 4.79 Å². The Balaban J connectivity index is 2.86. The Morgan fingerprint density at radius 3 is 2.71 bits per heavy atom. The number of benzene rings is 1. The molecule has 0 aromatic heterocycles. The lowest BCUT2D eigenvalue weighted by molar-refractivity contribution is -0.119. The third-order valence-electron chi connectivity index (χ3n) is 2.34. The van der Waals surface area contributed by atoms with Gasteiger partial charge < -0.3 is 10.6 Å². The molecule has 90 valence electrons. The van der Waals surface area contributed by atoms with E-state index in [0.29, 0.717) is 11.3 Å². The van der Waals surface area contributed by atoms with Gasteiger partial charge in [0.15, 0.2) is 0 Å². The van der Waals surface area contributed by atoms with E-state index in [4.69, 9.17) is 11.0 Å². The normalized spacial score (nSPS) is 10.8. The van der Waals surface area contributed by atoms with Crippen LogP contribution in [0.4, 0.5) is 5.69 Å². The average Bonchev–Trinajstić information content (AvgIpc) is 2.26. The largest absolute Gasteiger partial charge is 0.325 e. The number of hydrogen-bond donors (Lipinski definition) is 1. The quantitative estimate of drug-likeness (QED) is 0.859. The van der Waals surface area contributed by atoms with Gasteiger partial charge in [0.25, 0.3) is 0 Å². The van der Waals surface area contributed by atoms with Crippen LogP contribution in [-0.2, 0) is 4.79 Å². The maximum atomic E-state index is 11.9. The van der Waals surface area contributed by atoms with Crippen molar-refractivity contribution in [2.45, 2.75) is 25.8 Å². The zero-order chi connectivity index (χ0) is 13.1. The first kappa shape index (κ1) is 13.2. The van der Waals surface area contributed by atoms with Gasteiger partial charge in [0.1, 0.15) is 0 Å². The Bertz CT molecular complexity index is 454. The number of nitrogens with two attached hydrogens (primary N) is 1. The summed E-state index contributed by atoms with van der Waals surface area (Å²) in [7, 11) is 1.69. The van der Waals surface area contributed by atoms with Gasteiger partial charge in [0.05, 0.1) is 11.6 Å². The van der Waals surface area contributed by atoms with Crippen LogP contribution in [0.1, 0.15) is 25.8 Å². The number of nitriles is 1. The molecule has 17 heavy (non-hydrogen) atoms. The van der Waals surface area contributed by atoms with Gasteiger partial charge in [0, 0.05) is 24.7 Å². The molecule has 0 spiro atoms. The Hall–Kier alpha value is -1.86. The van der Waals surface area contributed by atoms with Crippen molar-refractivity contribution in [1.29, 1.82) is 5.26 Å². The van der Waals surface area contributed by atoms with Crippen LogP contribution in [0.25, 0.3) is 0 Å². The molecule has 1 aromatic carbocycles. The number of nitrogens with zero attached hydrogens (tertiary/aromatic N) is 2. The number of carbonyl (C=O) groups excluding carboxylic acids is 1. The van der Waals surface area contributed by atoms with Crippen molar-refractivity contribution in [3.63, 3.8) is 0 Å². The van der Waals surface area contributed by atoms with E-state index in [9.17, 15) is 4.79 Å². The van der Waals surface area contributed by atoms with Crippen LogP contribution < -0.4 is 10.6 Å². The summed E-state index contributed by atoms with van der Waals surface area (Å²) < 4.78 is 0. The third-order valence-corrected chi connectivity index (χ3v) is 2.34. The van der Waals surface area contributed by atoms with Gasteiger partial charge in [-0.3, -0.25) is 4.79 Å². The summed E-state index contributed by atoms with van der Waals surface area (Å²) in [5.74, 6) is -0.0624. The van der Waals surface area contributed by atoms with Crippen molar-refractivity contribution in [2.24, 2.45) is 5.73 Å². The van der Waals surface area contributed by atoms with Gasteiger partial charge in [-0.25, -0.2) is 0 Å². The predicted molar refractivity (Wildman–Crippen MR) is 67.5 cm³/mol. The highest BCUT2D eigenvalue weighted by molar-refractivity contribution is 5.93. The molecule has 0 radical (unpaired) electrons. The smallest absolute Gasteiger partial charge is 0.228 e. The Kier molecular flexibility index (Phi) is 3.87. The molecule has 0 atom stereocenters. The van der Waals surface area contributed by atoms with Crippen molar-refractivity contribution in [3.8, 4) is 6.07 Å². The number of anilines is 1. The summed E-state index contributed by atoms with van der Waals surface area (Å²) in [5.41, 5.74) is 6.52. The molecule has 0 aliphatic rings. The van der Waals surface area contributed by atoms with Gasteiger partial charge >= 0.3 is 0 Å². The van der Waals surface area contributed by atoms with Crippen LogP contribution in [0.3, 0.4) is 0 Å². The van der Waals surface area contributed by atoms with Crippen molar-refractivity contribution >= 4 is 11.6 Å². The van der Waals surface area contributed by atoms with Gasteiger partial charge in [0.2, 0.25) is 5.91 Å². The summed E-state index contributed by atoms with van der Waals surface area (Å²) in [4.78, 5) is 13.4. The molecule has 1 amide bonds. The van der Waals surface area contributed by atoms with Crippen LogP contribution in [0.5, 0.6) is 0 Å². The third kappa shape index (κ3) is 3.89. The highest BCUT2D eigenvalue weighted by Crippen LogP contribution is 2.17. The van der Waals surface area contributed by atoms with E-state index in [1.165, 1.54) is 4.90 Å². The maximum Gasteiger partial charge on any atom is 0.228 e. The Morgan fingerprint density at radius 1 is 1.53 bits per heavy atom. The standard InChI is InChI=1S/C13H17N3O/c1-13(2,15)8-12(17)16(3)11-6-4-5-10(7-11)9-14/h4-7H,8,15H2,1-3H3. The van der Waals surface area contributed by atoms with E-state index in [1.54, 1.807) is 31.3 Å². The first-order chi connectivity index (χ1) is 7.83. The van der Waals surface area contributed by atoms with Crippen LogP contribution in [0.2, 0.25) is 0 Å². The molecule has 0 saturated heterocycles. The molecule has 0 aliphatic heterocycles. The molecule has 0 unspecified atom stereocenters. The van der Waals surface area contributed by atoms with Gasteiger partial charge in [-0.1, -0.05) is 6.07 Å². The SMILES string of the molecule is CN(C(=O)CC(C)(C)N)c1cccc(C#N)c1. The van der Waals surface area contributed by atoms with E-state index in [1.807, 2.05) is 19.9 Å². The molecule has 0 aliphatic carbocycles. The van der Waals surface area contributed by atoms with E-state index < -0.39 is 5.54 Å². The summed E-state index contributed by atoms with van der Waals surface area (Å²) in [6, 6.07) is 8.98. The first-order valence-electron chi connectivity index (χ1n) is 5.39. The number of carbonyl (C=O) groups is 1. The minimum Gasteiger partial charge on any atom is -0.325 e. The minimum atomic E-state index is -0.530. The summed E-state index contributed by atoms with van der Waals surface area (Å²) in [6.45, 7) is 3.62. The zero-order valence-corrected chi connectivity index (χ0v) is 10.4. The number of amides is 1. The Labute approximate surface area is 102 Å². The molecule has 4 nitrogen and oxygen atoms in total. The number of hydrogen-bond acceptors (Lipinski definition) is 3. The highest BCUT2D eigenvalue weighted by Gasteiger charge is 2.20. The van der Waals surface area contributed by atoms with Gasteiger partial charge in [-0.05, 0) is 32.0 Å². The second kappa shape index (κ2) is 4.98. The molecule has 0 bridgehead atoms. The minimum absolute atomic E-state index is 0.0624. The molecule has 0 fully saturated rings. The van der Waals surface area contributed by atoms with Gasteiger partial charge in [-0.2, -0.15) is 5.26 Å². The molecular weight excluding hydrogens is 214 g/mol. The van der Waals surface area contributed by atoms with E-state index in [0.717, 1.165) is 0 Å². The summed E-state index contributed by atoms with van der Waals surface area (Å²) in [6.07, 6.45) is 0.264. The lowest BCUT2D eigenvalue weighted by Crippen LogP contribution is -2.39. The fourth-order valence-corrected chi connectivity index (χ4v) is 1.44. The van der Waals surface area contributed by atoms with Crippen LogP contribution in [0.15, 0.2) is 24.3 Å². The maximum absolute atomic E-state index is 11.9. The van der Waals surface area contributed by atoms with Gasteiger partial charge in [-0.15, -0.1) is 0 Å². The molecule has 1 rings (SSSR count). The molecular formula is C13H17N3O. The Morgan fingerprint density at radius 2 is 2.18 bits per heavy atom. The van der Waals surface area contributed by atoms with Crippen molar-refractivity contribution in [3.05, 3.63) is 29.8 Å². The second-order valence-corrected chi connectivity index (χ2v) is 4.78. The topological polar surface area (TPSA) is 70.1 Å². The molecule has 4 heteroatoms. The van der Waals surface area contributed by atoms with E-state index in [2.05, 4.69) is 0 Å². The van der Waals surface area contributed by atoms with Crippen molar-refractivity contribution in [2.75, 3.05) is 11.9 Å². The number of rotatable bonds is 3. The van der Waals surface area contributed by atoms with E-state index in [-0.39, 0.29) is 12.3 Å². The highest BCUT2D eigenvalue weighted by atomic mass is 16.2. The van der Waals surface area contributed by atoms with Crippen LogP contribution in [-0.4, -0.2) is 18.5 Å². The summed E-state index contributed by atoms with van der Waals surface area (Å²) in [5, 5.41) is 8.80. The van der Waals surface area contributed by atoms with Crippen LogP contribution in [0, 0.1) is 11.3 Å². The summed E-state index contributed by atoms with van der Waals surface area (Å²) >= 11 is 0. The van der Waals surface area contributed by atoms with E-state index >= 15 is 0 Å². The molecule has 0 heterocycles. The van der Waals surface area contributed by atoms with Crippen LogP contribution >= 0.6 is 0 Å². The molecule has 2 N–H and O–H groups in total.